The Morgan fingerprint density at radius 2 is 2.00 bits per heavy atom. The van der Waals surface area contributed by atoms with Crippen LogP contribution in [0.4, 0.5) is 0 Å². The van der Waals surface area contributed by atoms with Crippen molar-refractivity contribution in [2.24, 2.45) is 11.8 Å². The van der Waals surface area contributed by atoms with Gasteiger partial charge in [-0.2, -0.15) is 0 Å². The monoisotopic (exact) mass is 232 g/mol. The molecule has 1 aliphatic heterocycles. The van der Waals surface area contributed by atoms with Gasteiger partial charge in [0.1, 0.15) is 5.75 Å². The number of aromatic nitrogens is 1. The summed E-state index contributed by atoms with van der Waals surface area (Å²) < 4.78 is 0. The van der Waals surface area contributed by atoms with Crippen molar-refractivity contribution in [2.75, 3.05) is 13.1 Å². The first kappa shape index (κ1) is 10.6. The van der Waals surface area contributed by atoms with Crippen molar-refractivity contribution in [1.82, 2.24) is 9.88 Å². The minimum absolute atomic E-state index is 0.00259. The van der Waals surface area contributed by atoms with Gasteiger partial charge in [-0.3, -0.25) is 9.78 Å². The van der Waals surface area contributed by atoms with Crippen LogP contribution in [0.25, 0.3) is 0 Å². The minimum atomic E-state index is 0.00259. The lowest BCUT2D eigenvalue weighted by Crippen LogP contribution is -2.29. The molecule has 1 amide bonds. The van der Waals surface area contributed by atoms with E-state index in [9.17, 15) is 9.90 Å². The molecule has 0 bridgehead atoms. The van der Waals surface area contributed by atoms with Crippen LogP contribution >= 0.6 is 0 Å². The van der Waals surface area contributed by atoms with E-state index in [1.54, 1.807) is 0 Å². The molecule has 2 atom stereocenters. The molecule has 1 aromatic rings. The second-order valence-electron chi connectivity index (χ2n) is 5.09. The highest BCUT2D eigenvalue weighted by atomic mass is 16.3. The summed E-state index contributed by atoms with van der Waals surface area (Å²) in [5, 5.41) is 9.33. The summed E-state index contributed by atoms with van der Waals surface area (Å²) in [6, 6.07) is 1.49. The summed E-state index contributed by atoms with van der Waals surface area (Å²) in [5.74, 6) is 1.45. The molecule has 17 heavy (non-hydrogen) atoms. The van der Waals surface area contributed by atoms with E-state index < -0.39 is 0 Å². The highest BCUT2D eigenvalue weighted by Gasteiger charge is 2.38. The van der Waals surface area contributed by atoms with Gasteiger partial charge in [0, 0.05) is 19.3 Å². The molecule has 4 nitrogen and oxygen atoms in total. The molecule has 2 heterocycles. The summed E-state index contributed by atoms with van der Waals surface area (Å²) in [4.78, 5) is 18.0. The van der Waals surface area contributed by atoms with Crippen LogP contribution in [0.1, 0.15) is 29.6 Å². The number of fused-ring (bicyclic) bond motifs is 1. The third-order valence-electron chi connectivity index (χ3n) is 3.98. The van der Waals surface area contributed by atoms with Crippen molar-refractivity contribution in [1.29, 1.82) is 0 Å². The molecular weight excluding hydrogens is 216 g/mol. The molecule has 3 rings (SSSR count). The van der Waals surface area contributed by atoms with Gasteiger partial charge >= 0.3 is 0 Å². The van der Waals surface area contributed by atoms with Crippen LogP contribution in [-0.2, 0) is 0 Å². The molecule has 4 heteroatoms. The summed E-state index contributed by atoms with van der Waals surface area (Å²) in [6.07, 6.45) is 6.69. The Morgan fingerprint density at radius 1 is 1.29 bits per heavy atom. The third kappa shape index (κ3) is 1.88. The zero-order valence-electron chi connectivity index (χ0n) is 9.67. The number of aromatic hydroxyl groups is 1. The molecular formula is C13H16N2O2. The van der Waals surface area contributed by atoms with Crippen molar-refractivity contribution in [3.8, 4) is 5.75 Å². The first-order chi connectivity index (χ1) is 8.24. The van der Waals surface area contributed by atoms with Crippen LogP contribution in [0.2, 0.25) is 0 Å². The summed E-state index contributed by atoms with van der Waals surface area (Å²) in [5.41, 5.74) is 0.491. The fourth-order valence-corrected chi connectivity index (χ4v) is 3.13. The van der Waals surface area contributed by atoms with Crippen molar-refractivity contribution in [3.63, 3.8) is 0 Å². The minimum Gasteiger partial charge on any atom is -0.506 e. The Labute approximate surface area is 100 Å². The van der Waals surface area contributed by atoms with Gasteiger partial charge in [0.15, 0.2) is 0 Å². The normalized spacial score (nSPS) is 27.2. The van der Waals surface area contributed by atoms with E-state index in [1.165, 1.54) is 37.7 Å². The van der Waals surface area contributed by atoms with Crippen LogP contribution in [0.15, 0.2) is 18.5 Å². The number of amides is 1. The lowest BCUT2D eigenvalue weighted by atomic mass is 10.0. The lowest BCUT2D eigenvalue weighted by molar-refractivity contribution is 0.0780. The number of pyridine rings is 1. The van der Waals surface area contributed by atoms with Gasteiger partial charge < -0.3 is 10.0 Å². The molecule has 90 valence electrons. The number of carbonyl (C=O) groups is 1. The van der Waals surface area contributed by atoms with E-state index in [2.05, 4.69) is 4.98 Å². The number of hydrogen-bond acceptors (Lipinski definition) is 3. The molecule has 1 N–H and O–H groups in total. The molecule has 0 spiro atoms. The Hall–Kier alpha value is -1.58. The Kier molecular flexibility index (Phi) is 2.50. The number of nitrogens with zero attached hydrogens (tertiary/aromatic N) is 2. The molecule has 1 saturated carbocycles. The van der Waals surface area contributed by atoms with Gasteiger partial charge in [-0.1, -0.05) is 6.42 Å². The van der Waals surface area contributed by atoms with Gasteiger partial charge in [-0.15, -0.1) is 0 Å². The molecule has 1 saturated heterocycles. The SMILES string of the molecule is O=C(c1cncc(O)c1)N1CC2CCCC2C1. The van der Waals surface area contributed by atoms with Crippen LogP contribution in [0.3, 0.4) is 0 Å². The van der Waals surface area contributed by atoms with Crippen molar-refractivity contribution in [2.45, 2.75) is 19.3 Å². The van der Waals surface area contributed by atoms with Crippen LogP contribution < -0.4 is 0 Å². The van der Waals surface area contributed by atoms with Gasteiger partial charge in [0.2, 0.25) is 0 Å². The molecule has 0 radical (unpaired) electrons. The van der Waals surface area contributed by atoms with Crippen molar-refractivity contribution < 1.29 is 9.90 Å². The maximum atomic E-state index is 12.2. The fourth-order valence-electron chi connectivity index (χ4n) is 3.13. The summed E-state index contributed by atoms with van der Waals surface area (Å²) >= 11 is 0. The summed E-state index contributed by atoms with van der Waals surface area (Å²) in [7, 11) is 0. The second-order valence-corrected chi connectivity index (χ2v) is 5.09. The predicted molar refractivity (Wildman–Crippen MR) is 62.6 cm³/mol. The predicted octanol–water partition coefficient (Wildman–Crippen LogP) is 1.66. The average molecular weight is 232 g/mol. The van der Waals surface area contributed by atoms with Gasteiger partial charge in [-0.25, -0.2) is 0 Å². The highest BCUT2D eigenvalue weighted by Crippen LogP contribution is 2.38. The van der Waals surface area contributed by atoms with Crippen molar-refractivity contribution >= 4 is 5.91 Å². The summed E-state index contributed by atoms with van der Waals surface area (Å²) in [6.45, 7) is 1.75. The lowest BCUT2D eigenvalue weighted by Gasteiger charge is -2.17. The Morgan fingerprint density at radius 3 is 2.65 bits per heavy atom. The van der Waals surface area contributed by atoms with Gasteiger partial charge in [-0.05, 0) is 30.7 Å². The molecule has 2 fully saturated rings. The topological polar surface area (TPSA) is 53.4 Å². The zero-order chi connectivity index (χ0) is 11.8. The van der Waals surface area contributed by atoms with E-state index in [1.807, 2.05) is 4.90 Å². The highest BCUT2D eigenvalue weighted by molar-refractivity contribution is 5.94. The van der Waals surface area contributed by atoms with E-state index in [0.29, 0.717) is 17.4 Å². The molecule has 1 aliphatic carbocycles. The van der Waals surface area contributed by atoms with E-state index in [4.69, 9.17) is 0 Å². The average Bonchev–Trinajstić information content (AvgIpc) is 2.88. The zero-order valence-corrected chi connectivity index (χ0v) is 9.67. The quantitative estimate of drug-likeness (QED) is 0.801. The Bertz CT molecular complexity index is 435. The smallest absolute Gasteiger partial charge is 0.255 e. The number of carbonyl (C=O) groups excluding carboxylic acids is 1. The van der Waals surface area contributed by atoms with Crippen LogP contribution in [0, 0.1) is 11.8 Å². The Balaban J connectivity index is 1.75. The first-order valence-corrected chi connectivity index (χ1v) is 6.17. The van der Waals surface area contributed by atoms with E-state index >= 15 is 0 Å². The van der Waals surface area contributed by atoms with Crippen LogP contribution in [-0.4, -0.2) is 34.0 Å². The number of rotatable bonds is 1. The largest absolute Gasteiger partial charge is 0.506 e. The second kappa shape index (κ2) is 4.02. The number of hydrogen-bond donors (Lipinski definition) is 1. The third-order valence-corrected chi connectivity index (χ3v) is 3.98. The standard InChI is InChI=1S/C13H16N2O2/c16-12-4-11(5-14-6-12)13(17)15-7-9-2-1-3-10(9)8-15/h4-6,9-10,16H,1-3,7-8H2. The van der Waals surface area contributed by atoms with Gasteiger partial charge in [0.05, 0.1) is 11.8 Å². The maximum Gasteiger partial charge on any atom is 0.255 e. The molecule has 2 aliphatic rings. The van der Waals surface area contributed by atoms with E-state index in [-0.39, 0.29) is 11.7 Å². The van der Waals surface area contributed by atoms with Crippen molar-refractivity contribution in [3.05, 3.63) is 24.0 Å². The fraction of sp³-hybridized carbons (Fsp3) is 0.538. The molecule has 0 aromatic carbocycles. The van der Waals surface area contributed by atoms with Crippen LogP contribution in [0.5, 0.6) is 5.75 Å². The molecule has 1 aromatic heterocycles. The number of likely N-dealkylation sites (tertiary alicyclic amines) is 1. The van der Waals surface area contributed by atoms with E-state index in [0.717, 1.165) is 13.1 Å². The molecule has 2 unspecified atom stereocenters. The first-order valence-electron chi connectivity index (χ1n) is 6.17. The maximum absolute atomic E-state index is 12.2. The van der Waals surface area contributed by atoms with Gasteiger partial charge in [0.25, 0.3) is 5.91 Å².